The molecule has 2 N–H and O–H groups in total. The van der Waals surface area contributed by atoms with Gasteiger partial charge in [-0.2, -0.15) is 0 Å². The summed E-state index contributed by atoms with van der Waals surface area (Å²) in [6, 6.07) is 11.3. The Morgan fingerprint density at radius 2 is 1.45 bits per heavy atom. The second-order valence-electron chi connectivity index (χ2n) is 8.26. The van der Waals surface area contributed by atoms with Gasteiger partial charge in [-0.25, -0.2) is 0 Å². The second-order valence-corrected chi connectivity index (χ2v) is 8.26. The Morgan fingerprint density at radius 3 is 1.97 bits per heavy atom. The number of nitrogens with one attached hydrogen (secondary N) is 1. The van der Waals surface area contributed by atoms with Gasteiger partial charge in [0.15, 0.2) is 0 Å². The Hall–Kier alpha value is -2.44. The zero-order valence-corrected chi connectivity index (χ0v) is 19.4. The lowest BCUT2D eigenvalue weighted by molar-refractivity contribution is -0.0748. The first kappa shape index (κ1) is 23.2. The molecule has 1 aliphatic heterocycles. The lowest BCUT2D eigenvalue weighted by atomic mass is 9.70. The molecule has 3 rings (SSSR count). The number of ether oxygens (including phenoxy) is 4. The van der Waals surface area contributed by atoms with E-state index in [4.69, 9.17) is 18.9 Å². The van der Waals surface area contributed by atoms with Crippen molar-refractivity contribution in [3.63, 3.8) is 0 Å². The minimum atomic E-state index is -0.850. The van der Waals surface area contributed by atoms with Crippen LogP contribution in [-0.4, -0.2) is 39.1 Å². The Morgan fingerprint density at radius 1 is 0.903 bits per heavy atom. The SMILES string of the molecule is CCC[C@]1(O)C[C@H](c2cc(OC)ccc2OC)N[C@@H](c2cc(OC)ccc2OC)[C@H]1C. The fraction of sp³-hybridized carbons (Fsp3) is 0.520. The molecule has 170 valence electrons. The van der Waals surface area contributed by atoms with Crippen LogP contribution in [0.1, 0.15) is 56.3 Å². The van der Waals surface area contributed by atoms with Crippen LogP contribution >= 0.6 is 0 Å². The largest absolute Gasteiger partial charge is 0.497 e. The third-order valence-corrected chi connectivity index (χ3v) is 6.55. The zero-order chi connectivity index (χ0) is 22.6. The van der Waals surface area contributed by atoms with E-state index < -0.39 is 5.60 Å². The van der Waals surface area contributed by atoms with E-state index in [1.165, 1.54) is 0 Å². The van der Waals surface area contributed by atoms with Crippen molar-refractivity contribution in [2.24, 2.45) is 5.92 Å². The molecule has 0 radical (unpaired) electrons. The van der Waals surface area contributed by atoms with Crippen LogP contribution in [0.15, 0.2) is 36.4 Å². The molecular weight excluding hydrogens is 394 g/mol. The summed E-state index contributed by atoms with van der Waals surface area (Å²) in [7, 11) is 6.64. The molecule has 0 spiro atoms. The lowest BCUT2D eigenvalue weighted by Gasteiger charge is -2.48. The Kier molecular flexibility index (Phi) is 7.34. The van der Waals surface area contributed by atoms with Gasteiger partial charge in [0, 0.05) is 29.1 Å². The maximum Gasteiger partial charge on any atom is 0.123 e. The first-order valence-corrected chi connectivity index (χ1v) is 10.8. The molecule has 4 atom stereocenters. The third kappa shape index (κ3) is 4.60. The Balaban J connectivity index is 2.11. The highest BCUT2D eigenvalue weighted by Gasteiger charge is 2.46. The van der Waals surface area contributed by atoms with Gasteiger partial charge in [0.05, 0.1) is 34.0 Å². The Bertz CT molecular complexity index is 886. The molecule has 0 bridgehead atoms. The Labute approximate surface area is 185 Å². The van der Waals surface area contributed by atoms with E-state index in [1.54, 1.807) is 28.4 Å². The summed E-state index contributed by atoms with van der Waals surface area (Å²) in [5.74, 6) is 3.00. The number of benzene rings is 2. The number of aliphatic hydroxyl groups is 1. The van der Waals surface area contributed by atoms with Crippen LogP contribution in [0.4, 0.5) is 0 Å². The molecule has 2 aromatic rings. The quantitative estimate of drug-likeness (QED) is 0.636. The highest BCUT2D eigenvalue weighted by Crippen LogP contribution is 2.49. The second kappa shape index (κ2) is 9.79. The van der Waals surface area contributed by atoms with Crippen LogP contribution in [0.25, 0.3) is 0 Å². The standard InChI is InChI=1S/C25H35NO5/c1-7-12-25(27)15-21(19-13-17(28-3)8-10-22(19)30-5)26-24(16(25)2)20-14-18(29-4)9-11-23(20)31-6/h8-11,13-14,16,21,24,26-27H,7,12,15H2,1-6H3/t16-,21-,24-,25+/m1/s1. The average molecular weight is 430 g/mol. The van der Waals surface area contributed by atoms with Crippen LogP contribution in [0.5, 0.6) is 23.0 Å². The molecule has 31 heavy (non-hydrogen) atoms. The molecule has 1 heterocycles. The van der Waals surface area contributed by atoms with Gasteiger partial charge < -0.3 is 29.4 Å². The summed E-state index contributed by atoms with van der Waals surface area (Å²) in [6.45, 7) is 4.21. The van der Waals surface area contributed by atoms with E-state index in [2.05, 4.69) is 19.2 Å². The van der Waals surface area contributed by atoms with Gasteiger partial charge in [-0.1, -0.05) is 20.3 Å². The number of methoxy groups -OCH3 is 4. The summed E-state index contributed by atoms with van der Waals surface area (Å²) >= 11 is 0. The number of piperidine rings is 1. The highest BCUT2D eigenvalue weighted by atomic mass is 16.5. The molecule has 2 aromatic carbocycles. The summed E-state index contributed by atoms with van der Waals surface area (Å²) in [4.78, 5) is 0. The molecule has 6 nitrogen and oxygen atoms in total. The molecule has 0 aromatic heterocycles. The van der Waals surface area contributed by atoms with Crippen LogP contribution in [0.3, 0.4) is 0 Å². The first-order chi connectivity index (χ1) is 14.9. The van der Waals surface area contributed by atoms with Crippen molar-refractivity contribution >= 4 is 0 Å². The third-order valence-electron chi connectivity index (χ3n) is 6.55. The average Bonchev–Trinajstić information content (AvgIpc) is 2.80. The topological polar surface area (TPSA) is 69.2 Å². The van der Waals surface area contributed by atoms with Gasteiger partial charge in [-0.15, -0.1) is 0 Å². The molecular formula is C25H35NO5. The van der Waals surface area contributed by atoms with Gasteiger partial charge >= 0.3 is 0 Å². The van der Waals surface area contributed by atoms with E-state index in [1.807, 2.05) is 36.4 Å². The summed E-state index contributed by atoms with van der Waals surface area (Å²) in [5.41, 5.74) is 1.09. The van der Waals surface area contributed by atoms with Crippen LogP contribution in [-0.2, 0) is 0 Å². The predicted octanol–water partition coefficient (Wildman–Crippen LogP) is 4.66. The van der Waals surface area contributed by atoms with Gasteiger partial charge in [-0.05, 0) is 49.2 Å². The molecule has 1 saturated heterocycles. The molecule has 0 amide bonds. The van der Waals surface area contributed by atoms with Gasteiger partial charge in [0.2, 0.25) is 0 Å². The van der Waals surface area contributed by atoms with Crippen molar-refractivity contribution in [2.75, 3.05) is 28.4 Å². The number of hydrogen-bond donors (Lipinski definition) is 2. The number of rotatable bonds is 8. The van der Waals surface area contributed by atoms with Crippen LogP contribution < -0.4 is 24.3 Å². The smallest absolute Gasteiger partial charge is 0.123 e. The van der Waals surface area contributed by atoms with Crippen molar-refractivity contribution in [3.05, 3.63) is 47.5 Å². The number of hydrogen-bond acceptors (Lipinski definition) is 6. The van der Waals surface area contributed by atoms with Crippen molar-refractivity contribution in [1.82, 2.24) is 5.32 Å². The molecule has 6 heteroatoms. The molecule has 1 fully saturated rings. The van der Waals surface area contributed by atoms with E-state index in [0.717, 1.165) is 40.5 Å². The fourth-order valence-electron chi connectivity index (χ4n) is 4.79. The van der Waals surface area contributed by atoms with E-state index in [9.17, 15) is 5.11 Å². The van der Waals surface area contributed by atoms with E-state index in [-0.39, 0.29) is 18.0 Å². The highest BCUT2D eigenvalue weighted by molar-refractivity contribution is 5.46. The predicted molar refractivity (Wildman–Crippen MR) is 121 cm³/mol. The van der Waals surface area contributed by atoms with Gasteiger partial charge in [-0.3, -0.25) is 0 Å². The van der Waals surface area contributed by atoms with Crippen LogP contribution in [0.2, 0.25) is 0 Å². The molecule has 0 aliphatic carbocycles. The molecule has 0 unspecified atom stereocenters. The van der Waals surface area contributed by atoms with Crippen molar-refractivity contribution in [1.29, 1.82) is 0 Å². The minimum absolute atomic E-state index is 0.0405. The summed E-state index contributed by atoms with van der Waals surface area (Å²) < 4.78 is 22.3. The van der Waals surface area contributed by atoms with E-state index in [0.29, 0.717) is 12.8 Å². The maximum atomic E-state index is 11.8. The van der Waals surface area contributed by atoms with Gasteiger partial charge in [0.25, 0.3) is 0 Å². The monoisotopic (exact) mass is 429 g/mol. The minimum Gasteiger partial charge on any atom is -0.497 e. The van der Waals surface area contributed by atoms with E-state index >= 15 is 0 Å². The zero-order valence-electron chi connectivity index (χ0n) is 19.4. The lowest BCUT2D eigenvalue weighted by Crippen LogP contribution is -2.52. The summed E-state index contributed by atoms with van der Waals surface area (Å²) in [5, 5.41) is 15.6. The molecule has 1 aliphatic rings. The van der Waals surface area contributed by atoms with Crippen molar-refractivity contribution < 1.29 is 24.1 Å². The normalized spacial score (nSPS) is 25.7. The fourth-order valence-corrected chi connectivity index (χ4v) is 4.79. The maximum absolute atomic E-state index is 11.8. The van der Waals surface area contributed by atoms with Crippen molar-refractivity contribution in [3.8, 4) is 23.0 Å². The summed E-state index contributed by atoms with van der Waals surface area (Å²) in [6.07, 6.45) is 2.18. The first-order valence-electron chi connectivity index (χ1n) is 10.8. The van der Waals surface area contributed by atoms with Gasteiger partial charge in [0.1, 0.15) is 23.0 Å². The molecule has 0 saturated carbocycles. The van der Waals surface area contributed by atoms with Crippen molar-refractivity contribution in [2.45, 2.75) is 50.8 Å². The van der Waals surface area contributed by atoms with Crippen LogP contribution in [0, 0.1) is 5.92 Å².